The van der Waals surface area contributed by atoms with Crippen LogP contribution in [0.4, 0.5) is 0 Å². The van der Waals surface area contributed by atoms with Crippen molar-refractivity contribution in [1.82, 2.24) is 0 Å². The summed E-state index contributed by atoms with van der Waals surface area (Å²) in [5, 5.41) is 0. The zero-order valence-corrected chi connectivity index (χ0v) is 14.4. The molecule has 2 N–H and O–H groups in total. The van der Waals surface area contributed by atoms with Crippen molar-refractivity contribution in [2.24, 2.45) is 5.73 Å². The molecule has 0 aromatic heterocycles. The zero-order chi connectivity index (χ0) is 15.6. The van der Waals surface area contributed by atoms with Crippen LogP contribution < -0.4 is 5.73 Å². The summed E-state index contributed by atoms with van der Waals surface area (Å²) in [7, 11) is 3.25. The van der Waals surface area contributed by atoms with Gasteiger partial charge in [0.05, 0.1) is 5.54 Å². The van der Waals surface area contributed by atoms with Gasteiger partial charge in [-0.1, -0.05) is 41.9 Å². The predicted molar refractivity (Wildman–Crippen MR) is 88.0 cm³/mol. The molecule has 1 aromatic carbocycles. The number of carbonyl (C=O) groups excluding carboxylic acids is 1. The Morgan fingerprint density at radius 2 is 1.80 bits per heavy atom. The van der Waals surface area contributed by atoms with Crippen molar-refractivity contribution >= 4 is 22.2 Å². The first-order chi connectivity index (χ1) is 9.54. The van der Waals surface area contributed by atoms with E-state index in [9.17, 15) is 4.79 Å². The summed E-state index contributed by atoms with van der Waals surface area (Å²) in [5.41, 5.74) is 6.64. The number of hydrogen-bond acceptors (Lipinski definition) is 3. The molecule has 1 aliphatic carbocycles. The van der Waals surface area contributed by atoms with E-state index in [1.807, 2.05) is 26.0 Å². The van der Waals surface area contributed by atoms with Gasteiger partial charge in [0.2, 0.25) is 0 Å². The molecule has 1 aliphatic rings. The standard InChI is InChI=1S/C12H14BrNO.C2H6O.C2H6/c13-11-3-1-9(2-4-11)10-5-6-12(14,7-10)8-15;1-3-2;1-2/h1-4,8,10H,5-7,14H2;1-2H3;1-2H3/t10?,12-;;/m1../s1. The molecule has 0 heterocycles. The summed E-state index contributed by atoms with van der Waals surface area (Å²) >= 11 is 3.41. The topological polar surface area (TPSA) is 52.3 Å². The predicted octanol–water partition coefficient (Wildman–Crippen LogP) is 3.90. The highest BCUT2D eigenvalue weighted by atomic mass is 79.9. The fraction of sp³-hybridized carbons (Fsp3) is 0.562. The molecule has 2 rings (SSSR count). The van der Waals surface area contributed by atoms with Crippen LogP contribution in [0.15, 0.2) is 28.7 Å². The van der Waals surface area contributed by atoms with Gasteiger partial charge in [-0.05, 0) is 42.9 Å². The molecule has 1 unspecified atom stereocenters. The average Bonchev–Trinajstić information content (AvgIpc) is 2.86. The van der Waals surface area contributed by atoms with Gasteiger partial charge in [0.15, 0.2) is 0 Å². The Hall–Kier alpha value is -0.710. The molecule has 0 saturated heterocycles. The Morgan fingerprint density at radius 1 is 1.30 bits per heavy atom. The van der Waals surface area contributed by atoms with E-state index in [0.29, 0.717) is 5.92 Å². The zero-order valence-electron chi connectivity index (χ0n) is 12.9. The Labute approximate surface area is 131 Å². The van der Waals surface area contributed by atoms with Crippen LogP contribution >= 0.6 is 15.9 Å². The number of ether oxygens (including phenoxy) is 1. The number of halogens is 1. The van der Waals surface area contributed by atoms with Crippen LogP contribution in [0, 0.1) is 0 Å². The number of nitrogens with two attached hydrogens (primary N) is 1. The number of hydrogen-bond donors (Lipinski definition) is 1. The van der Waals surface area contributed by atoms with Crippen LogP contribution in [0.2, 0.25) is 0 Å². The fourth-order valence-corrected chi connectivity index (χ4v) is 2.50. The highest BCUT2D eigenvalue weighted by Crippen LogP contribution is 2.38. The smallest absolute Gasteiger partial charge is 0.139 e. The molecule has 2 atom stereocenters. The minimum Gasteiger partial charge on any atom is -0.388 e. The Kier molecular flexibility index (Phi) is 9.72. The molecule has 1 saturated carbocycles. The second-order valence-electron chi connectivity index (χ2n) is 4.75. The van der Waals surface area contributed by atoms with E-state index in [-0.39, 0.29) is 0 Å². The molecule has 0 radical (unpaired) electrons. The molecule has 4 heteroatoms. The van der Waals surface area contributed by atoms with Crippen LogP contribution in [-0.2, 0) is 9.53 Å². The molecular weight excluding hydrogens is 318 g/mol. The molecule has 1 aromatic rings. The van der Waals surface area contributed by atoms with Crippen LogP contribution in [0.1, 0.15) is 44.6 Å². The van der Waals surface area contributed by atoms with E-state index in [1.54, 1.807) is 14.2 Å². The largest absolute Gasteiger partial charge is 0.388 e. The van der Waals surface area contributed by atoms with Gasteiger partial charge in [0, 0.05) is 18.7 Å². The monoisotopic (exact) mass is 343 g/mol. The van der Waals surface area contributed by atoms with Gasteiger partial charge < -0.3 is 15.3 Å². The summed E-state index contributed by atoms with van der Waals surface area (Å²) in [6, 6.07) is 8.27. The third kappa shape index (κ3) is 6.16. The van der Waals surface area contributed by atoms with Crippen molar-refractivity contribution in [2.45, 2.75) is 44.6 Å². The van der Waals surface area contributed by atoms with Gasteiger partial charge >= 0.3 is 0 Å². The Bertz CT molecular complexity index is 381. The van der Waals surface area contributed by atoms with Crippen molar-refractivity contribution in [3.8, 4) is 0 Å². The minimum absolute atomic E-state index is 0.438. The van der Waals surface area contributed by atoms with Gasteiger partial charge in [-0.3, -0.25) is 0 Å². The lowest BCUT2D eigenvalue weighted by Gasteiger charge is -2.15. The summed E-state index contributed by atoms with van der Waals surface area (Å²) in [4.78, 5) is 10.8. The summed E-state index contributed by atoms with van der Waals surface area (Å²) in [6.45, 7) is 4.00. The second-order valence-corrected chi connectivity index (χ2v) is 5.67. The maximum absolute atomic E-state index is 10.8. The van der Waals surface area contributed by atoms with Crippen LogP contribution in [0.25, 0.3) is 0 Å². The third-order valence-corrected chi connectivity index (χ3v) is 3.69. The quantitative estimate of drug-likeness (QED) is 0.828. The van der Waals surface area contributed by atoms with Crippen molar-refractivity contribution in [3.63, 3.8) is 0 Å². The molecule has 1 fully saturated rings. The van der Waals surface area contributed by atoms with E-state index in [0.717, 1.165) is 30.0 Å². The van der Waals surface area contributed by atoms with Crippen LogP contribution in [0.5, 0.6) is 0 Å². The molecule has 0 spiro atoms. The first-order valence-corrected chi connectivity index (χ1v) is 7.75. The summed E-state index contributed by atoms with van der Waals surface area (Å²) < 4.78 is 5.33. The average molecular weight is 344 g/mol. The lowest BCUT2D eigenvalue weighted by Crippen LogP contribution is -2.38. The summed E-state index contributed by atoms with van der Waals surface area (Å²) in [6.07, 6.45) is 3.50. The number of rotatable bonds is 2. The highest BCUT2D eigenvalue weighted by molar-refractivity contribution is 9.10. The highest BCUT2D eigenvalue weighted by Gasteiger charge is 2.35. The number of benzene rings is 1. The number of aldehydes is 1. The van der Waals surface area contributed by atoms with Crippen molar-refractivity contribution in [3.05, 3.63) is 34.3 Å². The molecule has 3 nitrogen and oxygen atoms in total. The van der Waals surface area contributed by atoms with E-state index in [2.05, 4.69) is 32.8 Å². The van der Waals surface area contributed by atoms with Gasteiger partial charge in [0.1, 0.15) is 6.29 Å². The molecule has 0 aliphatic heterocycles. The van der Waals surface area contributed by atoms with E-state index in [1.165, 1.54) is 5.56 Å². The van der Waals surface area contributed by atoms with E-state index < -0.39 is 5.54 Å². The third-order valence-electron chi connectivity index (χ3n) is 3.16. The lowest BCUT2D eigenvalue weighted by atomic mass is 9.94. The van der Waals surface area contributed by atoms with Crippen molar-refractivity contribution in [2.75, 3.05) is 14.2 Å². The Balaban J connectivity index is 0.000000641. The second kappa shape index (κ2) is 10.1. The van der Waals surface area contributed by atoms with Crippen LogP contribution in [-0.4, -0.2) is 26.0 Å². The van der Waals surface area contributed by atoms with E-state index >= 15 is 0 Å². The van der Waals surface area contributed by atoms with Gasteiger partial charge in [-0.25, -0.2) is 0 Å². The first kappa shape index (κ1) is 19.3. The van der Waals surface area contributed by atoms with Gasteiger partial charge in [0.25, 0.3) is 0 Å². The molecule has 20 heavy (non-hydrogen) atoms. The normalized spacial score (nSPS) is 24.0. The van der Waals surface area contributed by atoms with E-state index in [4.69, 9.17) is 5.73 Å². The molecule has 0 amide bonds. The van der Waals surface area contributed by atoms with Crippen LogP contribution in [0.3, 0.4) is 0 Å². The molecule has 0 bridgehead atoms. The maximum Gasteiger partial charge on any atom is 0.139 e. The SMILES string of the molecule is CC.COC.N[C@]1(C=O)CCC(c2ccc(Br)cc2)C1. The number of carbonyl (C=O) groups is 1. The number of methoxy groups -OCH3 is 1. The Morgan fingerprint density at radius 3 is 2.20 bits per heavy atom. The minimum atomic E-state index is -0.586. The van der Waals surface area contributed by atoms with Crippen molar-refractivity contribution in [1.29, 1.82) is 0 Å². The fourth-order valence-electron chi connectivity index (χ4n) is 2.23. The van der Waals surface area contributed by atoms with Crippen molar-refractivity contribution < 1.29 is 9.53 Å². The maximum atomic E-state index is 10.8. The molecular formula is C16H26BrNO2. The summed E-state index contributed by atoms with van der Waals surface area (Å²) in [5.74, 6) is 0.438. The first-order valence-electron chi connectivity index (χ1n) is 6.95. The molecule has 114 valence electrons. The van der Waals surface area contributed by atoms with Gasteiger partial charge in [-0.15, -0.1) is 0 Å². The van der Waals surface area contributed by atoms with Gasteiger partial charge in [-0.2, -0.15) is 0 Å². The lowest BCUT2D eigenvalue weighted by molar-refractivity contribution is -0.112.